The molecular formula is C19H24N4O2. The van der Waals surface area contributed by atoms with E-state index in [4.69, 9.17) is 4.74 Å². The van der Waals surface area contributed by atoms with Crippen LogP contribution in [0.4, 0.5) is 0 Å². The molecular weight excluding hydrogens is 316 g/mol. The summed E-state index contributed by atoms with van der Waals surface area (Å²) in [6, 6.07) is 10.4. The fraction of sp³-hybridized carbons (Fsp3) is 0.368. The summed E-state index contributed by atoms with van der Waals surface area (Å²) in [5.74, 6) is 0. The minimum Gasteiger partial charge on any atom is -0.385 e. The van der Waals surface area contributed by atoms with Crippen LogP contribution in [-0.2, 0) is 17.8 Å². The molecule has 3 rings (SSSR count). The number of nitrogens with one attached hydrogen (secondary N) is 2. The van der Waals surface area contributed by atoms with Gasteiger partial charge in [-0.1, -0.05) is 30.3 Å². The molecule has 0 unspecified atom stereocenters. The Labute approximate surface area is 146 Å². The Kier molecular flexibility index (Phi) is 5.98. The first-order valence-electron chi connectivity index (χ1n) is 8.57. The maximum Gasteiger partial charge on any atom is 0.275 e. The van der Waals surface area contributed by atoms with Gasteiger partial charge in [0.1, 0.15) is 5.52 Å². The lowest BCUT2D eigenvalue weighted by molar-refractivity contribution is 0.181. The van der Waals surface area contributed by atoms with Gasteiger partial charge in [-0.2, -0.15) is 0 Å². The van der Waals surface area contributed by atoms with Crippen LogP contribution >= 0.6 is 0 Å². The molecule has 0 saturated carbocycles. The maximum absolute atomic E-state index is 11.9. The van der Waals surface area contributed by atoms with Gasteiger partial charge in [-0.05, 0) is 24.9 Å². The fourth-order valence-electron chi connectivity index (χ4n) is 3.00. The third-order valence-electron chi connectivity index (χ3n) is 4.26. The van der Waals surface area contributed by atoms with E-state index in [1.807, 2.05) is 12.3 Å². The van der Waals surface area contributed by atoms with Gasteiger partial charge in [0.2, 0.25) is 0 Å². The first kappa shape index (κ1) is 17.4. The highest BCUT2D eigenvalue weighted by atomic mass is 16.5. The number of benzene rings is 1. The molecule has 0 fully saturated rings. The van der Waals surface area contributed by atoms with Crippen molar-refractivity contribution < 1.29 is 4.74 Å². The van der Waals surface area contributed by atoms with Crippen molar-refractivity contribution >= 4 is 11.0 Å². The van der Waals surface area contributed by atoms with Crippen molar-refractivity contribution in [2.75, 3.05) is 20.3 Å². The number of rotatable bonds is 9. The normalized spacial score (nSPS) is 11.4. The summed E-state index contributed by atoms with van der Waals surface area (Å²) in [7, 11) is 1.73. The molecule has 6 nitrogen and oxygen atoms in total. The highest BCUT2D eigenvalue weighted by Crippen LogP contribution is 2.16. The molecule has 0 spiro atoms. The molecule has 3 aromatic rings. The number of aromatic amines is 2. The number of aromatic nitrogens is 3. The zero-order chi connectivity index (χ0) is 17.5. The van der Waals surface area contributed by atoms with Gasteiger partial charge in [-0.15, -0.1) is 0 Å². The Bertz CT molecular complexity index is 841. The molecule has 0 amide bonds. The van der Waals surface area contributed by atoms with Crippen LogP contribution in [0.25, 0.3) is 11.0 Å². The van der Waals surface area contributed by atoms with Crippen molar-refractivity contribution in [3.8, 4) is 0 Å². The zero-order valence-electron chi connectivity index (χ0n) is 14.5. The Hall–Kier alpha value is -2.44. The predicted octanol–water partition coefficient (Wildman–Crippen LogP) is 2.68. The highest BCUT2D eigenvalue weighted by Gasteiger charge is 2.13. The van der Waals surface area contributed by atoms with Crippen molar-refractivity contribution in [1.29, 1.82) is 0 Å². The van der Waals surface area contributed by atoms with Crippen LogP contribution in [-0.4, -0.2) is 40.1 Å². The van der Waals surface area contributed by atoms with Crippen LogP contribution in [0.5, 0.6) is 0 Å². The van der Waals surface area contributed by atoms with E-state index in [0.717, 1.165) is 50.2 Å². The lowest BCUT2D eigenvalue weighted by Gasteiger charge is -2.22. The summed E-state index contributed by atoms with van der Waals surface area (Å²) in [6.07, 6.45) is 5.45. The van der Waals surface area contributed by atoms with Crippen molar-refractivity contribution in [2.45, 2.75) is 25.9 Å². The van der Waals surface area contributed by atoms with Crippen LogP contribution in [0.1, 0.15) is 24.0 Å². The standard InChI is InChI=1S/C19H24N4O2/c1-25-10-6-5-9-23(12-15-7-3-2-4-8-15)13-16-11-20-18-17(16)21-14-22-19(18)24/h2-4,7-8,11,14,20H,5-6,9-10,12-13H2,1H3,(H,21,22,24). The molecule has 25 heavy (non-hydrogen) atoms. The number of hydrogen-bond donors (Lipinski definition) is 2. The number of ether oxygens (including phenoxy) is 1. The highest BCUT2D eigenvalue weighted by molar-refractivity contribution is 5.77. The van der Waals surface area contributed by atoms with E-state index >= 15 is 0 Å². The Morgan fingerprint density at radius 2 is 1.96 bits per heavy atom. The lowest BCUT2D eigenvalue weighted by atomic mass is 10.1. The number of nitrogens with zero attached hydrogens (tertiary/aromatic N) is 2. The molecule has 0 bridgehead atoms. The van der Waals surface area contributed by atoms with Gasteiger partial charge in [0, 0.05) is 38.6 Å². The first-order valence-corrected chi connectivity index (χ1v) is 8.57. The third-order valence-corrected chi connectivity index (χ3v) is 4.26. The number of hydrogen-bond acceptors (Lipinski definition) is 4. The lowest BCUT2D eigenvalue weighted by Crippen LogP contribution is -2.24. The zero-order valence-corrected chi connectivity index (χ0v) is 14.5. The van der Waals surface area contributed by atoms with Gasteiger partial charge in [-0.25, -0.2) is 4.98 Å². The molecule has 0 radical (unpaired) electrons. The average Bonchev–Trinajstić information content (AvgIpc) is 3.04. The van der Waals surface area contributed by atoms with Crippen LogP contribution in [0, 0.1) is 0 Å². The molecule has 2 heterocycles. The van der Waals surface area contributed by atoms with Crippen molar-refractivity contribution in [3.05, 3.63) is 64.3 Å². The Balaban J connectivity index is 1.75. The second-order valence-corrected chi connectivity index (χ2v) is 6.17. The number of fused-ring (bicyclic) bond motifs is 1. The van der Waals surface area contributed by atoms with Crippen LogP contribution < -0.4 is 5.56 Å². The topological polar surface area (TPSA) is 74.0 Å². The monoisotopic (exact) mass is 340 g/mol. The first-order chi connectivity index (χ1) is 12.3. The molecule has 0 aliphatic heterocycles. The van der Waals surface area contributed by atoms with Crippen LogP contribution in [0.15, 0.2) is 47.7 Å². The smallest absolute Gasteiger partial charge is 0.275 e. The van der Waals surface area contributed by atoms with Gasteiger partial charge >= 0.3 is 0 Å². The van der Waals surface area contributed by atoms with Crippen molar-refractivity contribution in [1.82, 2.24) is 19.9 Å². The average molecular weight is 340 g/mol. The summed E-state index contributed by atoms with van der Waals surface area (Å²) in [6.45, 7) is 3.36. The van der Waals surface area contributed by atoms with E-state index in [9.17, 15) is 4.79 Å². The van der Waals surface area contributed by atoms with Crippen molar-refractivity contribution in [3.63, 3.8) is 0 Å². The summed E-state index contributed by atoms with van der Waals surface area (Å²) in [5.41, 5.74) is 3.48. The molecule has 2 N–H and O–H groups in total. The second-order valence-electron chi connectivity index (χ2n) is 6.17. The van der Waals surface area contributed by atoms with E-state index in [-0.39, 0.29) is 5.56 Å². The fourth-order valence-corrected chi connectivity index (χ4v) is 3.00. The van der Waals surface area contributed by atoms with Gasteiger partial charge < -0.3 is 14.7 Å². The molecule has 0 saturated heterocycles. The van der Waals surface area contributed by atoms with Gasteiger partial charge in [0.25, 0.3) is 5.56 Å². The van der Waals surface area contributed by atoms with Crippen LogP contribution in [0.2, 0.25) is 0 Å². The van der Waals surface area contributed by atoms with E-state index < -0.39 is 0 Å². The number of methoxy groups -OCH3 is 1. The SMILES string of the molecule is COCCCCN(Cc1ccccc1)Cc1c[nH]c2c(=O)[nH]cnc12. The quantitative estimate of drug-likeness (QED) is 0.587. The molecule has 2 aromatic heterocycles. The van der Waals surface area contributed by atoms with Crippen LogP contribution in [0.3, 0.4) is 0 Å². The minimum atomic E-state index is -0.133. The summed E-state index contributed by atoms with van der Waals surface area (Å²) < 4.78 is 5.15. The molecule has 0 atom stereocenters. The minimum absolute atomic E-state index is 0.133. The maximum atomic E-state index is 11.9. The predicted molar refractivity (Wildman–Crippen MR) is 98.4 cm³/mol. The Morgan fingerprint density at radius 1 is 1.12 bits per heavy atom. The summed E-state index contributed by atoms with van der Waals surface area (Å²) >= 11 is 0. The molecule has 0 aliphatic carbocycles. The Morgan fingerprint density at radius 3 is 2.76 bits per heavy atom. The van der Waals surface area contributed by atoms with E-state index in [1.54, 1.807) is 7.11 Å². The molecule has 6 heteroatoms. The number of unbranched alkanes of at least 4 members (excludes halogenated alkanes) is 1. The van der Waals surface area contributed by atoms with Gasteiger partial charge in [0.05, 0.1) is 11.8 Å². The second kappa shape index (κ2) is 8.60. The molecule has 0 aliphatic rings. The van der Waals surface area contributed by atoms with E-state index in [1.165, 1.54) is 11.9 Å². The van der Waals surface area contributed by atoms with E-state index in [2.05, 4.69) is 44.1 Å². The van der Waals surface area contributed by atoms with E-state index in [0.29, 0.717) is 5.52 Å². The van der Waals surface area contributed by atoms with Gasteiger partial charge in [-0.3, -0.25) is 9.69 Å². The van der Waals surface area contributed by atoms with Gasteiger partial charge in [0.15, 0.2) is 0 Å². The molecule has 132 valence electrons. The third kappa shape index (κ3) is 4.55. The summed E-state index contributed by atoms with van der Waals surface area (Å²) in [5, 5.41) is 0. The largest absolute Gasteiger partial charge is 0.385 e. The van der Waals surface area contributed by atoms with Crippen molar-refractivity contribution in [2.24, 2.45) is 0 Å². The number of H-pyrrole nitrogens is 2. The summed E-state index contributed by atoms with van der Waals surface area (Å²) in [4.78, 5) is 24.2. The molecule has 1 aromatic carbocycles.